The van der Waals surface area contributed by atoms with Crippen molar-refractivity contribution in [2.75, 3.05) is 7.11 Å². The van der Waals surface area contributed by atoms with Crippen molar-refractivity contribution in [3.8, 4) is 5.75 Å². The fraction of sp³-hybridized carbons (Fsp3) is 0.167. The molecule has 1 N–H and O–H groups in total. The molecule has 128 valence electrons. The quantitative estimate of drug-likeness (QED) is 0.778. The Morgan fingerprint density at radius 1 is 1.24 bits per heavy atom. The average Bonchev–Trinajstić information content (AvgIpc) is 2.63. The number of carbonyl (C=O) groups excluding carboxylic acids is 1. The van der Waals surface area contributed by atoms with Gasteiger partial charge in [0.15, 0.2) is 0 Å². The van der Waals surface area contributed by atoms with Crippen molar-refractivity contribution in [1.82, 2.24) is 15.1 Å². The molecule has 0 bridgehead atoms. The third-order valence-corrected chi connectivity index (χ3v) is 4.09. The molecule has 0 saturated heterocycles. The third-order valence-electron chi connectivity index (χ3n) is 3.86. The van der Waals surface area contributed by atoms with E-state index < -0.39 is 0 Å². The van der Waals surface area contributed by atoms with Gasteiger partial charge in [-0.05, 0) is 24.3 Å². The maximum Gasteiger partial charge on any atom is 0.274 e. The summed E-state index contributed by atoms with van der Waals surface area (Å²) >= 11 is 5.97. The van der Waals surface area contributed by atoms with Crippen molar-refractivity contribution in [1.29, 1.82) is 0 Å². The highest BCUT2D eigenvalue weighted by Gasteiger charge is 2.14. The van der Waals surface area contributed by atoms with Crippen molar-refractivity contribution < 1.29 is 9.53 Å². The average molecular weight is 358 g/mol. The lowest BCUT2D eigenvalue weighted by Crippen LogP contribution is -2.27. The number of amides is 1. The number of ether oxygens (including phenoxy) is 1. The predicted octanol–water partition coefficient (Wildman–Crippen LogP) is 2.53. The van der Waals surface area contributed by atoms with E-state index in [-0.39, 0.29) is 18.0 Å². The van der Waals surface area contributed by atoms with E-state index in [1.807, 2.05) is 12.1 Å². The van der Waals surface area contributed by atoms with Gasteiger partial charge in [0.05, 0.1) is 30.3 Å². The number of methoxy groups -OCH3 is 1. The SMILES string of the molecule is COc1ccc(Cl)cc1C(=O)NCc1nn(C)c(=O)c2ccccc12. The third kappa shape index (κ3) is 3.34. The van der Waals surface area contributed by atoms with Crippen molar-refractivity contribution in [3.63, 3.8) is 0 Å². The van der Waals surface area contributed by atoms with E-state index in [4.69, 9.17) is 16.3 Å². The molecule has 0 radical (unpaired) electrons. The number of rotatable bonds is 4. The molecule has 2 aromatic carbocycles. The Bertz CT molecular complexity index is 1010. The van der Waals surface area contributed by atoms with E-state index in [0.717, 1.165) is 0 Å². The van der Waals surface area contributed by atoms with Gasteiger partial charge in [-0.25, -0.2) is 4.68 Å². The van der Waals surface area contributed by atoms with Crippen LogP contribution in [0.15, 0.2) is 47.3 Å². The summed E-state index contributed by atoms with van der Waals surface area (Å²) in [4.78, 5) is 24.6. The Balaban J connectivity index is 1.91. The monoisotopic (exact) mass is 357 g/mol. The molecule has 3 aromatic rings. The highest BCUT2D eigenvalue weighted by atomic mass is 35.5. The predicted molar refractivity (Wildman–Crippen MR) is 96.2 cm³/mol. The minimum atomic E-state index is -0.334. The fourth-order valence-corrected chi connectivity index (χ4v) is 2.80. The lowest BCUT2D eigenvalue weighted by molar-refractivity contribution is 0.0947. The summed E-state index contributed by atoms with van der Waals surface area (Å²) in [5.41, 5.74) is 0.762. The van der Waals surface area contributed by atoms with Gasteiger partial charge < -0.3 is 10.1 Å². The fourth-order valence-electron chi connectivity index (χ4n) is 2.62. The van der Waals surface area contributed by atoms with Gasteiger partial charge in [0, 0.05) is 17.5 Å². The molecule has 0 saturated carbocycles. The number of halogens is 1. The van der Waals surface area contributed by atoms with E-state index in [2.05, 4.69) is 10.4 Å². The molecule has 1 heterocycles. The maximum atomic E-state index is 12.5. The summed E-state index contributed by atoms with van der Waals surface area (Å²) in [6.45, 7) is 0.170. The summed E-state index contributed by atoms with van der Waals surface area (Å²) in [5.74, 6) is 0.0965. The second-order valence-electron chi connectivity index (χ2n) is 5.45. The molecule has 0 aliphatic heterocycles. The first-order valence-corrected chi connectivity index (χ1v) is 7.95. The zero-order valence-corrected chi connectivity index (χ0v) is 14.5. The Morgan fingerprint density at radius 3 is 2.68 bits per heavy atom. The standard InChI is InChI=1S/C18H16ClN3O3/c1-22-18(24)13-6-4-3-5-12(13)15(21-22)10-20-17(23)14-9-11(19)7-8-16(14)25-2/h3-9H,10H2,1-2H3,(H,20,23). The van der Waals surface area contributed by atoms with Crippen LogP contribution in [0.5, 0.6) is 5.75 Å². The van der Waals surface area contributed by atoms with Crippen LogP contribution in [0.4, 0.5) is 0 Å². The molecular weight excluding hydrogens is 342 g/mol. The molecule has 7 heteroatoms. The van der Waals surface area contributed by atoms with Gasteiger partial charge in [-0.2, -0.15) is 5.10 Å². The Labute approximate surface area is 149 Å². The van der Waals surface area contributed by atoms with Crippen LogP contribution in [-0.4, -0.2) is 22.8 Å². The number of nitrogens with zero attached hydrogens (tertiary/aromatic N) is 2. The number of hydrogen-bond acceptors (Lipinski definition) is 4. The van der Waals surface area contributed by atoms with Gasteiger partial charge in [0.1, 0.15) is 5.75 Å². The maximum absolute atomic E-state index is 12.5. The Morgan fingerprint density at radius 2 is 1.96 bits per heavy atom. The minimum absolute atomic E-state index is 0.170. The molecule has 0 atom stereocenters. The molecular formula is C18H16ClN3O3. The molecule has 6 nitrogen and oxygen atoms in total. The van der Waals surface area contributed by atoms with E-state index in [1.54, 1.807) is 37.4 Å². The number of carbonyl (C=O) groups is 1. The second-order valence-corrected chi connectivity index (χ2v) is 5.88. The number of fused-ring (bicyclic) bond motifs is 1. The molecule has 3 rings (SSSR count). The van der Waals surface area contributed by atoms with Gasteiger partial charge in [0.2, 0.25) is 0 Å². The second kappa shape index (κ2) is 6.94. The minimum Gasteiger partial charge on any atom is -0.496 e. The number of nitrogens with one attached hydrogen (secondary N) is 1. The van der Waals surface area contributed by atoms with Crippen LogP contribution in [-0.2, 0) is 13.6 Å². The molecule has 0 aliphatic rings. The summed E-state index contributed by atoms with van der Waals surface area (Å²) in [7, 11) is 3.07. The Hall–Kier alpha value is -2.86. The molecule has 0 unspecified atom stereocenters. The van der Waals surface area contributed by atoms with E-state index in [1.165, 1.54) is 11.8 Å². The van der Waals surface area contributed by atoms with Crippen LogP contribution in [0.25, 0.3) is 10.8 Å². The van der Waals surface area contributed by atoms with Gasteiger partial charge in [0.25, 0.3) is 11.5 Å². The van der Waals surface area contributed by atoms with Crippen molar-refractivity contribution in [2.24, 2.45) is 7.05 Å². The van der Waals surface area contributed by atoms with Gasteiger partial charge in [-0.1, -0.05) is 29.8 Å². The Kier molecular flexibility index (Phi) is 4.72. The molecule has 1 amide bonds. The van der Waals surface area contributed by atoms with Gasteiger partial charge in [-0.15, -0.1) is 0 Å². The summed E-state index contributed by atoms with van der Waals surface area (Å²) in [6, 6.07) is 12.0. The molecule has 25 heavy (non-hydrogen) atoms. The largest absolute Gasteiger partial charge is 0.496 e. The first kappa shape index (κ1) is 17.0. The number of benzene rings is 2. The van der Waals surface area contributed by atoms with Gasteiger partial charge >= 0.3 is 0 Å². The van der Waals surface area contributed by atoms with Crippen LogP contribution in [0.3, 0.4) is 0 Å². The van der Waals surface area contributed by atoms with E-state index >= 15 is 0 Å². The zero-order chi connectivity index (χ0) is 18.0. The number of aromatic nitrogens is 2. The first-order valence-electron chi connectivity index (χ1n) is 7.58. The normalized spacial score (nSPS) is 10.7. The van der Waals surface area contributed by atoms with Gasteiger partial charge in [-0.3, -0.25) is 9.59 Å². The van der Waals surface area contributed by atoms with Crippen molar-refractivity contribution in [2.45, 2.75) is 6.54 Å². The van der Waals surface area contributed by atoms with Crippen LogP contribution in [0, 0.1) is 0 Å². The molecule has 1 aromatic heterocycles. The number of hydrogen-bond donors (Lipinski definition) is 1. The lowest BCUT2D eigenvalue weighted by Gasteiger charge is -2.11. The van der Waals surface area contributed by atoms with Crippen LogP contribution in [0.1, 0.15) is 16.1 Å². The topological polar surface area (TPSA) is 73.2 Å². The number of aryl methyl sites for hydroxylation is 1. The van der Waals surface area contributed by atoms with E-state index in [0.29, 0.717) is 32.8 Å². The van der Waals surface area contributed by atoms with Crippen LogP contribution < -0.4 is 15.6 Å². The smallest absolute Gasteiger partial charge is 0.274 e. The molecule has 0 aliphatic carbocycles. The van der Waals surface area contributed by atoms with Crippen molar-refractivity contribution in [3.05, 3.63) is 69.1 Å². The molecule has 0 spiro atoms. The summed E-state index contributed by atoms with van der Waals surface area (Å²) < 4.78 is 6.47. The van der Waals surface area contributed by atoms with Crippen LogP contribution >= 0.6 is 11.6 Å². The summed E-state index contributed by atoms with van der Waals surface area (Å²) in [5, 5.41) is 8.77. The summed E-state index contributed by atoms with van der Waals surface area (Å²) in [6.07, 6.45) is 0. The van der Waals surface area contributed by atoms with Crippen LogP contribution in [0.2, 0.25) is 5.02 Å². The van der Waals surface area contributed by atoms with E-state index in [9.17, 15) is 9.59 Å². The highest BCUT2D eigenvalue weighted by Crippen LogP contribution is 2.22. The molecule has 0 fully saturated rings. The lowest BCUT2D eigenvalue weighted by atomic mass is 10.1. The van der Waals surface area contributed by atoms with Crippen molar-refractivity contribution >= 4 is 28.3 Å². The zero-order valence-electron chi connectivity index (χ0n) is 13.7. The highest BCUT2D eigenvalue weighted by molar-refractivity contribution is 6.31. The first-order chi connectivity index (χ1) is 12.0.